The summed E-state index contributed by atoms with van der Waals surface area (Å²) in [5.74, 6) is -0.570. The topological polar surface area (TPSA) is 86.8 Å². The van der Waals surface area contributed by atoms with Crippen LogP contribution in [0.25, 0.3) is 0 Å². The van der Waals surface area contributed by atoms with Crippen molar-refractivity contribution < 1.29 is 18.0 Å². The van der Waals surface area contributed by atoms with Crippen LogP contribution in [0.4, 0.5) is 5.69 Å². The van der Waals surface area contributed by atoms with Crippen molar-refractivity contribution in [2.75, 3.05) is 23.7 Å². The molecule has 0 fully saturated rings. The highest BCUT2D eigenvalue weighted by Crippen LogP contribution is 2.29. The molecule has 0 aliphatic rings. The Hall–Kier alpha value is -2.00. The number of sulfonamides is 1. The third kappa shape index (κ3) is 8.00. The number of benzene rings is 2. The monoisotopic (exact) mass is 561 g/mol. The molecule has 0 aromatic heterocycles. The van der Waals surface area contributed by atoms with Crippen LogP contribution in [0.1, 0.15) is 37.8 Å². The minimum Gasteiger partial charge on any atom is -0.355 e. The van der Waals surface area contributed by atoms with Crippen LogP contribution < -0.4 is 9.62 Å². The molecule has 0 bridgehead atoms. The Balaban J connectivity index is 2.21. The van der Waals surface area contributed by atoms with E-state index in [9.17, 15) is 18.0 Å². The van der Waals surface area contributed by atoms with Gasteiger partial charge in [-0.05, 0) is 62.6 Å². The highest BCUT2D eigenvalue weighted by atomic mass is 35.5. The van der Waals surface area contributed by atoms with E-state index in [4.69, 9.17) is 34.8 Å². The normalized spacial score (nSPS) is 12.2. The van der Waals surface area contributed by atoms with Gasteiger partial charge in [-0.25, -0.2) is 8.42 Å². The Bertz CT molecular complexity index is 1170. The fraction of sp³-hybridized carbons (Fsp3) is 0.417. The van der Waals surface area contributed by atoms with Crippen LogP contribution in [0.3, 0.4) is 0 Å². The van der Waals surface area contributed by atoms with Crippen molar-refractivity contribution in [3.63, 3.8) is 0 Å². The van der Waals surface area contributed by atoms with Crippen LogP contribution in [0, 0.1) is 6.92 Å². The molecule has 192 valence electrons. The molecule has 0 radical (unpaired) electrons. The van der Waals surface area contributed by atoms with Gasteiger partial charge < -0.3 is 10.2 Å². The van der Waals surface area contributed by atoms with Crippen molar-refractivity contribution in [1.29, 1.82) is 0 Å². The van der Waals surface area contributed by atoms with Crippen LogP contribution in [-0.2, 0) is 26.2 Å². The smallest absolute Gasteiger partial charge is 0.242 e. The molecule has 2 amide bonds. The number of amides is 2. The number of hydrogen-bond acceptors (Lipinski definition) is 4. The van der Waals surface area contributed by atoms with Crippen molar-refractivity contribution in [2.45, 2.75) is 46.2 Å². The zero-order chi connectivity index (χ0) is 26.3. The summed E-state index contributed by atoms with van der Waals surface area (Å²) < 4.78 is 26.2. The maximum absolute atomic E-state index is 13.2. The number of nitrogens with zero attached hydrogens (tertiary/aromatic N) is 2. The number of rotatable bonds is 11. The third-order valence-corrected chi connectivity index (χ3v) is 7.84. The van der Waals surface area contributed by atoms with Gasteiger partial charge in [0.05, 0.1) is 22.0 Å². The largest absolute Gasteiger partial charge is 0.355 e. The van der Waals surface area contributed by atoms with Gasteiger partial charge in [0.15, 0.2) is 0 Å². The molecule has 35 heavy (non-hydrogen) atoms. The van der Waals surface area contributed by atoms with Gasteiger partial charge in [0.1, 0.15) is 6.04 Å². The van der Waals surface area contributed by atoms with Crippen LogP contribution in [0.15, 0.2) is 36.4 Å². The fourth-order valence-electron chi connectivity index (χ4n) is 3.59. The number of hydrogen-bond donors (Lipinski definition) is 1. The summed E-state index contributed by atoms with van der Waals surface area (Å²) in [6.45, 7) is 5.86. The van der Waals surface area contributed by atoms with Gasteiger partial charge in [-0.1, -0.05) is 46.9 Å². The number of nitrogens with one attached hydrogen (secondary N) is 1. The summed E-state index contributed by atoms with van der Waals surface area (Å²) in [6.07, 6.45) is 1.40. The molecule has 2 aromatic rings. The van der Waals surface area contributed by atoms with Gasteiger partial charge in [-0.3, -0.25) is 13.9 Å². The first-order valence-electron chi connectivity index (χ1n) is 11.1. The predicted molar refractivity (Wildman–Crippen MR) is 143 cm³/mol. The van der Waals surface area contributed by atoms with Gasteiger partial charge in [0.25, 0.3) is 0 Å². The van der Waals surface area contributed by atoms with E-state index in [2.05, 4.69) is 5.32 Å². The molecule has 1 N–H and O–H groups in total. The first kappa shape index (κ1) is 29.2. The van der Waals surface area contributed by atoms with Crippen molar-refractivity contribution in [2.24, 2.45) is 0 Å². The fourth-order valence-corrected chi connectivity index (χ4v) is 5.09. The Morgan fingerprint density at radius 1 is 1.06 bits per heavy atom. The molecule has 7 nitrogen and oxygen atoms in total. The van der Waals surface area contributed by atoms with E-state index < -0.39 is 16.1 Å². The predicted octanol–water partition coefficient (Wildman–Crippen LogP) is 5.05. The zero-order valence-electron chi connectivity index (χ0n) is 20.1. The molecule has 0 saturated heterocycles. The summed E-state index contributed by atoms with van der Waals surface area (Å²) in [7, 11) is -3.61. The lowest BCUT2D eigenvalue weighted by Crippen LogP contribution is -2.47. The average Bonchev–Trinajstić information content (AvgIpc) is 2.78. The van der Waals surface area contributed by atoms with E-state index in [1.807, 2.05) is 0 Å². The Labute approximate surface area is 222 Å². The highest BCUT2D eigenvalue weighted by molar-refractivity contribution is 7.92. The molecule has 0 heterocycles. The first-order valence-corrected chi connectivity index (χ1v) is 14.1. The number of carbonyl (C=O) groups is 2. The molecular weight excluding hydrogens is 533 g/mol. The maximum Gasteiger partial charge on any atom is 0.242 e. The molecule has 0 spiro atoms. The third-order valence-electron chi connectivity index (χ3n) is 5.52. The van der Waals surface area contributed by atoms with Gasteiger partial charge in [0.2, 0.25) is 21.8 Å². The zero-order valence-corrected chi connectivity index (χ0v) is 23.2. The van der Waals surface area contributed by atoms with E-state index in [1.165, 1.54) is 9.21 Å². The Morgan fingerprint density at radius 3 is 2.34 bits per heavy atom. The van der Waals surface area contributed by atoms with Crippen LogP contribution in [0.5, 0.6) is 0 Å². The summed E-state index contributed by atoms with van der Waals surface area (Å²) in [5, 5.41) is 3.93. The Kier molecular flexibility index (Phi) is 10.7. The summed E-state index contributed by atoms with van der Waals surface area (Å²) >= 11 is 18.3. The SMILES string of the molecule is CCNC(=O)[C@@H](C)N(Cc1ccc(Cl)c(Cl)c1)C(=O)CCCN(c1cccc(Cl)c1C)S(C)(=O)=O. The average molecular weight is 563 g/mol. The van der Waals surface area contributed by atoms with Crippen LogP contribution in [0.2, 0.25) is 15.1 Å². The van der Waals surface area contributed by atoms with E-state index in [-0.39, 0.29) is 37.7 Å². The number of anilines is 1. The quantitative estimate of drug-likeness (QED) is 0.415. The van der Waals surface area contributed by atoms with E-state index in [1.54, 1.807) is 57.2 Å². The van der Waals surface area contributed by atoms with Gasteiger partial charge in [-0.2, -0.15) is 0 Å². The second kappa shape index (κ2) is 12.8. The van der Waals surface area contributed by atoms with Crippen molar-refractivity contribution in [3.8, 4) is 0 Å². The second-order valence-electron chi connectivity index (χ2n) is 8.16. The van der Waals surface area contributed by atoms with Crippen molar-refractivity contribution in [3.05, 3.63) is 62.6 Å². The molecule has 2 aromatic carbocycles. The molecule has 2 rings (SSSR count). The Morgan fingerprint density at radius 2 is 1.74 bits per heavy atom. The molecule has 0 saturated carbocycles. The summed E-state index contributed by atoms with van der Waals surface area (Å²) in [5.41, 5.74) is 1.82. The summed E-state index contributed by atoms with van der Waals surface area (Å²) in [4.78, 5) is 27.2. The molecule has 1 atom stereocenters. The van der Waals surface area contributed by atoms with E-state index in [0.29, 0.717) is 32.9 Å². The number of halogens is 3. The van der Waals surface area contributed by atoms with E-state index >= 15 is 0 Å². The van der Waals surface area contributed by atoms with Crippen molar-refractivity contribution in [1.82, 2.24) is 10.2 Å². The molecule has 0 aliphatic heterocycles. The number of likely N-dealkylation sites (N-methyl/N-ethyl adjacent to an activating group) is 1. The van der Waals surface area contributed by atoms with Gasteiger partial charge in [0, 0.05) is 31.1 Å². The number of carbonyl (C=O) groups excluding carboxylic acids is 2. The highest BCUT2D eigenvalue weighted by Gasteiger charge is 2.27. The first-order chi connectivity index (χ1) is 16.4. The van der Waals surface area contributed by atoms with Gasteiger partial charge in [-0.15, -0.1) is 0 Å². The van der Waals surface area contributed by atoms with Crippen molar-refractivity contribution >= 4 is 62.3 Å². The lowest BCUT2D eigenvalue weighted by atomic mass is 10.1. The minimum absolute atomic E-state index is 0.0384. The van der Waals surface area contributed by atoms with Gasteiger partial charge >= 0.3 is 0 Å². The maximum atomic E-state index is 13.2. The second-order valence-corrected chi connectivity index (χ2v) is 11.3. The molecular formula is C24H30Cl3N3O4S. The van der Waals surface area contributed by atoms with Crippen LogP contribution >= 0.6 is 34.8 Å². The minimum atomic E-state index is -3.61. The molecule has 0 unspecified atom stereocenters. The summed E-state index contributed by atoms with van der Waals surface area (Å²) in [6, 6.07) is 9.34. The molecule has 0 aliphatic carbocycles. The molecule has 11 heteroatoms. The van der Waals surface area contributed by atoms with Crippen LogP contribution in [-0.4, -0.2) is 50.5 Å². The standard InChI is InChI=1S/C24H30Cl3N3O4S/c1-5-28-24(32)17(3)29(15-18-11-12-20(26)21(27)14-18)23(31)10-7-13-30(35(4,33)34)22-9-6-8-19(25)16(22)2/h6,8-9,11-12,14,17H,5,7,10,13,15H2,1-4H3,(H,28,32)/t17-/m1/s1. The van der Waals surface area contributed by atoms with E-state index in [0.717, 1.165) is 11.8 Å². The lowest BCUT2D eigenvalue weighted by molar-refractivity contribution is -0.140. The lowest BCUT2D eigenvalue weighted by Gasteiger charge is -2.29.